The highest BCUT2D eigenvalue weighted by Gasteiger charge is 2.29. The molecule has 1 aliphatic heterocycles. The Morgan fingerprint density at radius 3 is 2.13 bits per heavy atom. The number of benzene rings is 3. The molecule has 1 saturated heterocycles. The third-order valence-corrected chi connectivity index (χ3v) is 9.72. The first-order valence-corrected chi connectivity index (χ1v) is 14.8. The van der Waals surface area contributed by atoms with Crippen molar-refractivity contribution >= 4 is 37.3 Å². The number of nitrogens with one attached hydrogen (secondary N) is 1. The third-order valence-electron chi connectivity index (χ3n) is 6.02. The van der Waals surface area contributed by atoms with Gasteiger partial charge in [0.25, 0.3) is 10.0 Å². The van der Waals surface area contributed by atoms with Crippen LogP contribution in [-0.4, -0.2) is 74.1 Å². The molecule has 0 atom stereocenters. The summed E-state index contributed by atoms with van der Waals surface area (Å²) in [5.74, 6) is 0.0590. The van der Waals surface area contributed by atoms with Crippen LogP contribution in [0, 0.1) is 0 Å². The van der Waals surface area contributed by atoms with Crippen molar-refractivity contribution in [2.75, 3.05) is 56.7 Å². The molecule has 0 aromatic heterocycles. The maximum atomic E-state index is 13.6. The fraction of sp³-hybridized carbons (Fsp3) is 0.269. The predicted molar refractivity (Wildman–Crippen MR) is 145 cm³/mol. The van der Waals surface area contributed by atoms with Gasteiger partial charge in [0.1, 0.15) is 6.54 Å². The summed E-state index contributed by atoms with van der Waals surface area (Å²) in [6.07, 6.45) is 0. The van der Waals surface area contributed by atoms with Crippen molar-refractivity contribution in [2.45, 2.75) is 9.79 Å². The van der Waals surface area contributed by atoms with E-state index < -0.39 is 32.5 Å². The summed E-state index contributed by atoms with van der Waals surface area (Å²) in [5, 5.41) is 2.65. The molecule has 1 amide bonds. The molecule has 0 unspecified atom stereocenters. The molecule has 39 heavy (non-hydrogen) atoms. The first-order chi connectivity index (χ1) is 18.7. The second-order valence-corrected chi connectivity index (χ2v) is 12.3. The van der Waals surface area contributed by atoms with E-state index in [0.29, 0.717) is 30.4 Å². The summed E-state index contributed by atoms with van der Waals surface area (Å²) in [5.41, 5.74) is 0.504. The van der Waals surface area contributed by atoms with Gasteiger partial charge in [-0.1, -0.05) is 18.2 Å². The van der Waals surface area contributed by atoms with Gasteiger partial charge in [0.2, 0.25) is 15.9 Å². The van der Waals surface area contributed by atoms with Gasteiger partial charge in [0.05, 0.1) is 42.9 Å². The molecule has 11 nitrogen and oxygen atoms in total. The van der Waals surface area contributed by atoms with E-state index in [0.717, 1.165) is 4.31 Å². The summed E-state index contributed by atoms with van der Waals surface area (Å²) in [6, 6.07) is 18.0. The van der Waals surface area contributed by atoms with Crippen molar-refractivity contribution in [3.05, 3.63) is 72.8 Å². The lowest BCUT2D eigenvalue weighted by molar-refractivity contribution is -0.114. The molecule has 0 bridgehead atoms. The predicted octanol–water partition coefficient (Wildman–Crippen LogP) is 2.56. The number of nitrogens with zero attached hydrogens (tertiary/aromatic N) is 2. The van der Waals surface area contributed by atoms with Crippen LogP contribution in [0.15, 0.2) is 82.6 Å². The minimum Gasteiger partial charge on any atom is -0.493 e. The molecule has 1 fully saturated rings. The van der Waals surface area contributed by atoms with Crippen molar-refractivity contribution in [1.82, 2.24) is 4.31 Å². The molecule has 3 aromatic rings. The molecule has 208 valence electrons. The van der Waals surface area contributed by atoms with Gasteiger partial charge in [-0.3, -0.25) is 9.10 Å². The summed E-state index contributed by atoms with van der Waals surface area (Å²) in [4.78, 5) is 13.2. The van der Waals surface area contributed by atoms with Crippen molar-refractivity contribution in [1.29, 1.82) is 0 Å². The van der Waals surface area contributed by atoms with Crippen LogP contribution in [0.2, 0.25) is 0 Å². The number of carbonyl (C=O) groups excluding carboxylic acids is 1. The van der Waals surface area contributed by atoms with E-state index in [1.165, 1.54) is 67.1 Å². The number of sulfonamides is 2. The quantitative estimate of drug-likeness (QED) is 0.390. The number of anilines is 2. The SMILES string of the molecule is COc1ccc(N(CC(=O)Nc2ccc(S(=O)(=O)N3CCOCC3)cc2)S(=O)(=O)c2ccccc2)cc1OC. The number of carbonyl (C=O) groups is 1. The molecule has 0 saturated carbocycles. The number of amides is 1. The molecule has 1 aliphatic rings. The van der Waals surface area contributed by atoms with Crippen LogP contribution in [0.4, 0.5) is 11.4 Å². The molecular weight excluding hydrogens is 546 g/mol. The van der Waals surface area contributed by atoms with Gasteiger partial charge in [0, 0.05) is 24.8 Å². The second kappa shape index (κ2) is 12.0. The Balaban J connectivity index is 1.58. The fourth-order valence-electron chi connectivity index (χ4n) is 3.99. The van der Waals surface area contributed by atoms with Crippen LogP contribution < -0.4 is 19.1 Å². The number of hydrogen-bond acceptors (Lipinski definition) is 8. The van der Waals surface area contributed by atoms with E-state index >= 15 is 0 Å². The van der Waals surface area contributed by atoms with E-state index in [2.05, 4.69) is 5.32 Å². The van der Waals surface area contributed by atoms with Crippen LogP contribution in [-0.2, 0) is 29.6 Å². The first-order valence-electron chi connectivity index (χ1n) is 11.9. The Morgan fingerprint density at radius 2 is 1.51 bits per heavy atom. The van der Waals surface area contributed by atoms with Crippen LogP contribution >= 0.6 is 0 Å². The highest BCUT2D eigenvalue weighted by atomic mass is 32.2. The maximum Gasteiger partial charge on any atom is 0.264 e. The fourth-order valence-corrected chi connectivity index (χ4v) is 6.83. The second-order valence-electron chi connectivity index (χ2n) is 8.45. The number of morpholine rings is 1. The molecule has 1 N–H and O–H groups in total. The van der Waals surface area contributed by atoms with E-state index in [9.17, 15) is 21.6 Å². The highest BCUT2D eigenvalue weighted by Crippen LogP contribution is 2.34. The van der Waals surface area contributed by atoms with Crippen LogP contribution in [0.5, 0.6) is 11.5 Å². The minimum absolute atomic E-state index is 0.00487. The third kappa shape index (κ3) is 6.33. The van der Waals surface area contributed by atoms with Crippen LogP contribution in [0.25, 0.3) is 0 Å². The average molecular weight is 576 g/mol. The summed E-state index contributed by atoms with van der Waals surface area (Å²) in [6.45, 7) is 0.636. The zero-order chi connectivity index (χ0) is 28.0. The van der Waals surface area contributed by atoms with Crippen LogP contribution in [0.1, 0.15) is 0 Å². The molecule has 3 aromatic carbocycles. The van der Waals surface area contributed by atoms with Gasteiger partial charge in [-0.15, -0.1) is 0 Å². The first kappa shape index (κ1) is 28.4. The van der Waals surface area contributed by atoms with Crippen LogP contribution in [0.3, 0.4) is 0 Å². The monoisotopic (exact) mass is 575 g/mol. The molecule has 0 radical (unpaired) electrons. The van der Waals surface area contributed by atoms with E-state index in [1.807, 2.05) is 0 Å². The average Bonchev–Trinajstić information content (AvgIpc) is 2.96. The molecular formula is C26H29N3O8S2. The molecule has 0 aliphatic carbocycles. The van der Waals surface area contributed by atoms with Gasteiger partial charge in [-0.05, 0) is 48.5 Å². The molecule has 1 heterocycles. The number of hydrogen-bond donors (Lipinski definition) is 1. The zero-order valence-corrected chi connectivity index (χ0v) is 23.1. The van der Waals surface area contributed by atoms with E-state index in [1.54, 1.807) is 24.3 Å². The zero-order valence-electron chi connectivity index (χ0n) is 21.4. The lowest BCUT2D eigenvalue weighted by atomic mass is 10.2. The smallest absolute Gasteiger partial charge is 0.264 e. The summed E-state index contributed by atoms with van der Waals surface area (Å²) < 4.78 is 71.0. The van der Waals surface area contributed by atoms with Gasteiger partial charge >= 0.3 is 0 Å². The van der Waals surface area contributed by atoms with Crippen molar-refractivity contribution in [2.24, 2.45) is 0 Å². The lowest BCUT2D eigenvalue weighted by Gasteiger charge is -2.26. The molecule has 13 heteroatoms. The van der Waals surface area contributed by atoms with Gasteiger partial charge < -0.3 is 19.5 Å². The number of methoxy groups -OCH3 is 2. The summed E-state index contributed by atoms with van der Waals surface area (Å²) in [7, 11) is -4.95. The lowest BCUT2D eigenvalue weighted by Crippen LogP contribution is -2.40. The van der Waals surface area contributed by atoms with Crippen molar-refractivity contribution in [3.63, 3.8) is 0 Å². The number of rotatable bonds is 10. The minimum atomic E-state index is -4.14. The number of ether oxygens (including phenoxy) is 3. The largest absolute Gasteiger partial charge is 0.493 e. The Labute approximate surface area is 228 Å². The normalized spacial score (nSPS) is 14.4. The van der Waals surface area contributed by atoms with E-state index in [4.69, 9.17) is 14.2 Å². The Morgan fingerprint density at radius 1 is 0.872 bits per heavy atom. The van der Waals surface area contributed by atoms with Gasteiger partial charge in [0.15, 0.2) is 11.5 Å². The topological polar surface area (TPSA) is 132 Å². The Hall–Kier alpha value is -3.65. The Kier molecular flexibility index (Phi) is 8.75. The van der Waals surface area contributed by atoms with Gasteiger partial charge in [-0.2, -0.15) is 4.31 Å². The van der Waals surface area contributed by atoms with Crippen molar-refractivity contribution in [3.8, 4) is 11.5 Å². The Bertz CT molecular complexity index is 1510. The van der Waals surface area contributed by atoms with Gasteiger partial charge in [-0.25, -0.2) is 16.8 Å². The molecule has 0 spiro atoms. The molecule has 4 rings (SSSR count). The van der Waals surface area contributed by atoms with Crippen molar-refractivity contribution < 1.29 is 35.8 Å². The summed E-state index contributed by atoms with van der Waals surface area (Å²) >= 11 is 0. The standard InChI is InChI=1S/C26H29N3O8S2/c1-35-24-13-10-21(18-25(24)36-2)29(39(33,34)22-6-4-3-5-7-22)19-26(30)27-20-8-11-23(12-9-20)38(31,32)28-14-16-37-17-15-28/h3-13,18H,14-17,19H2,1-2H3,(H,27,30). The van der Waals surface area contributed by atoms with E-state index in [-0.39, 0.29) is 28.6 Å². The maximum absolute atomic E-state index is 13.6. The highest BCUT2D eigenvalue weighted by molar-refractivity contribution is 7.92.